The standard InChI is InChI=1S/C22H23NO4/c1-22(2,3)15-11-9-14(10-12-15)13-16-21(24)27-20(23-16)19-17(25-4)7-6-8-18(19)26-5/h6-13H,1-5H3/b16-13+. The average molecular weight is 365 g/mol. The van der Waals surface area contributed by atoms with Crippen LogP contribution in [0.2, 0.25) is 0 Å². The van der Waals surface area contributed by atoms with Gasteiger partial charge in [0.1, 0.15) is 17.1 Å². The smallest absolute Gasteiger partial charge is 0.363 e. The Bertz CT molecular complexity index is 896. The first kappa shape index (κ1) is 18.7. The van der Waals surface area contributed by atoms with Crippen molar-refractivity contribution in [2.45, 2.75) is 26.2 Å². The average Bonchev–Trinajstić information content (AvgIpc) is 3.00. The molecule has 0 atom stereocenters. The Labute approximate surface area is 159 Å². The van der Waals surface area contributed by atoms with E-state index >= 15 is 0 Å². The summed E-state index contributed by atoms with van der Waals surface area (Å²) in [6, 6.07) is 13.4. The number of ether oxygens (including phenoxy) is 3. The molecule has 0 fully saturated rings. The molecule has 0 radical (unpaired) electrons. The number of cyclic esters (lactones) is 1. The lowest BCUT2D eigenvalue weighted by Gasteiger charge is -2.18. The van der Waals surface area contributed by atoms with Gasteiger partial charge in [-0.3, -0.25) is 0 Å². The molecule has 2 aromatic rings. The number of carbonyl (C=O) groups excluding carboxylic acids is 1. The second-order valence-corrected chi connectivity index (χ2v) is 7.25. The quantitative estimate of drug-likeness (QED) is 0.597. The fraction of sp³-hybridized carbons (Fsp3) is 0.273. The number of nitrogens with zero attached hydrogens (tertiary/aromatic N) is 1. The van der Waals surface area contributed by atoms with Gasteiger partial charge in [-0.15, -0.1) is 0 Å². The monoisotopic (exact) mass is 365 g/mol. The van der Waals surface area contributed by atoms with E-state index in [4.69, 9.17) is 14.2 Å². The molecule has 0 aliphatic carbocycles. The number of benzene rings is 2. The number of hydrogen-bond acceptors (Lipinski definition) is 5. The molecule has 0 N–H and O–H groups in total. The molecule has 3 rings (SSSR count). The highest BCUT2D eigenvalue weighted by Crippen LogP contribution is 2.32. The first-order valence-corrected chi connectivity index (χ1v) is 8.68. The van der Waals surface area contributed by atoms with Crippen LogP contribution in [-0.2, 0) is 14.9 Å². The predicted molar refractivity (Wildman–Crippen MR) is 105 cm³/mol. The van der Waals surface area contributed by atoms with Gasteiger partial charge in [-0.05, 0) is 34.8 Å². The second-order valence-electron chi connectivity index (χ2n) is 7.25. The van der Waals surface area contributed by atoms with E-state index in [-0.39, 0.29) is 17.0 Å². The van der Waals surface area contributed by atoms with Crippen molar-refractivity contribution >= 4 is 17.9 Å². The fourth-order valence-corrected chi connectivity index (χ4v) is 2.82. The molecule has 1 heterocycles. The van der Waals surface area contributed by atoms with Crippen molar-refractivity contribution < 1.29 is 19.0 Å². The third kappa shape index (κ3) is 3.87. The van der Waals surface area contributed by atoms with Crippen LogP contribution in [0.1, 0.15) is 37.5 Å². The minimum Gasteiger partial charge on any atom is -0.496 e. The number of hydrogen-bond donors (Lipinski definition) is 0. The van der Waals surface area contributed by atoms with E-state index in [1.54, 1.807) is 38.5 Å². The van der Waals surface area contributed by atoms with Gasteiger partial charge in [-0.1, -0.05) is 51.1 Å². The second kappa shape index (κ2) is 7.27. The maximum atomic E-state index is 12.3. The molecule has 5 nitrogen and oxygen atoms in total. The van der Waals surface area contributed by atoms with E-state index in [9.17, 15) is 4.79 Å². The zero-order valence-electron chi connectivity index (χ0n) is 16.2. The first-order valence-electron chi connectivity index (χ1n) is 8.68. The Kier molecular flexibility index (Phi) is 5.04. The Hall–Kier alpha value is -3.08. The molecule has 5 heteroatoms. The molecule has 0 bridgehead atoms. The summed E-state index contributed by atoms with van der Waals surface area (Å²) in [6.07, 6.45) is 1.71. The lowest BCUT2D eigenvalue weighted by Crippen LogP contribution is -2.10. The Morgan fingerprint density at radius 2 is 1.56 bits per heavy atom. The number of rotatable bonds is 4. The third-order valence-electron chi connectivity index (χ3n) is 4.34. The van der Waals surface area contributed by atoms with Gasteiger partial charge in [0.2, 0.25) is 5.90 Å². The highest BCUT2D eigenvalue weighted by atomic mass is 16.6. The summed E-state index contributed by atoms with van der Waals surface area (Å²) in [5.74, 6) is 0.720. The molecule has 0 amide bonds. The summed E-state index contributed by atoms with van der Waals surface area (Å²) in [7, 11) is 3.09. The SMILES string of the molecule is COc1cccc(OC)c1C1=N/C(=C/c2ccc(C(C)(C)C)cc2)C(=O)O1. The number of methoxy groups -OCH3 is 2. The fourth-order valence-electron chi connectivity index (χ4n) is 2.82. The van der Waals surface area contributed by atoms with Gasteiger partial charge in [0, 0.05) is 0 Å². The molecule has 1 aliphatic heterocycles. The van der Waals surface area contributed by atoms with E-state index in [0.717, 1.165) is 5.56 Å². The molecular formula is C22H23NO4. The van der Waals surface area contributed by atoms with Crippen LogP contribution < -0.4 is 9.47 Å². The molecule has 0 unspecified atom stereocenters. The van der Waals surface area contributed by atoms with Crippen LogP contribution in [0.4, 0.5) is 0 Å². The van der Waals surface area contributed by atoms with E-state index in [1.807, 2.05) is 12.1 Å². The van der Waals surface area contributed by atoms with Crippen LogP contribution in [0.3, 0.4) is 0 Å². The molecule has 2 aromatic carbocycles. The van der Waals surface area contributed by atoms with Crippen LogP contribution in [0, 0.1) is 0 Å². The zero-order valence-corrected chi connectivity index (χ0v) is 16.2. The summed E-state index contributed by atoms with van der Waals surface area (Å²) in [5.41, 5.74) is 2.93. The Balaban J connectivity index is 1.97. The molecule has 0 saturated heterocycles. The predicted octanol–water partition coefficient (Wildman–Crippen LogP) is 4.35. The van der Waals surface area contributed by atoms with Crippen molar-refractivity contribution in [3.05, 3.63) is 64.9 Å². The Morgan fingerprint density at radius 3 is 2.07 bits per heavy atom. The number of aliphatic imine (C=N–C) groups is 1. The summed E-state index contributed by atoms with van der Waals surface area (Å²) in [6.45, 7) is 6.48. The lowest BCUT2D eigenvalue weighted by molar-refractivity contribution is -0.129. The zero-order chi connectivity index (χ0) is 19.6. The van der Waals surface area contributed by atoms with Crippen LogP contribution in [0.25, 0.3) is 6.08 Å². The van der Waals surface area contributed by atoms with Gasteiger partial charge in [-0.2, -0.15) is 0 Å². The van der Waals surface area contributed by atoms with Gasteiger partial charge in [-0.25, -0.2) is 9.79 Å². The molecule has 0 aromatic heterocycles. The summed E-state index contributed by atoms with van der Waals surface area (Å²) in [4.78, 5) is 16.7. The highest BCUT2D eigenvalue weighted by molar-refractivity contribution is 6.14. The Morgan fingerprint density at radius 1 is 0.963 bits per heavy atom. The maximum absolute atomic E-state index is 12.3. The lowest BCUT2D eigenvalue weighted by atomic mass is 9.87. The molecule has 1 aliphatic rings. The van der Waals surface area contributed by atoms with Crippen LogP contribution in [-0.4, -0.2) is 26.1 Å². The van der Waals surface area contributed by atoms with E-state index in [2.05, 4.69) is 37.9 Å². The molecule has 0 spiro atoms. The van der Waals surface area contributed by atoms with E-state index < -0.39 is 5.97 Å². The topological polar surface area (TPSA) is 57.1 Å². The van der Waals surface area contributed by atoms with Crippen molar-refractivity contribution in [2.75, 3.05) is 14.2 Å². The van der Waals surface area contributed by atoms with Crippen molar-refractivity contribution in [1.82, 2.24) is 0 Å². The van der Waals surface area contributed by atoms with Crippen molar-refractivity contribution in [3.8, 4) is 11.5 Å². The van der Waals surface area contributed by atoms with Crippen molar-refractivity contribution in [1.29, 1.82) is 0 Å². The largest absolute Gasteiger partial charge is 0.496 e. The molecular weight excluding hydrogens is 342 g/mol. The third-order valence-corrected chi connectivity index (χ3v) is 4.34. The van der Waals surface area contributed by atoms with Crippen molar-refractivity contribution in [3.63, 3.8) is 0 Å². The van der Waals surface area contributed by atoms with Crippen molar-refractivity contribution in [2.24, 2.45) is 4.99 Å². The molecule has 0 saturated carbocycles. The van der Waals surface area contributed by atoms with Gasteiger partial charge in [0.25, 0.3) is 0 Å². The number of carbonyl (C=O) groups is 1. The van der Waals surface area contributed by atoms with E-state index in [1.165, 1.54) is 5.56 Å². The van der Waals surface area contributed by atoms with Gasteiger partial charge >= 0.3 is 5.97 Å². The van der Waals surface area contributed by atoms with Crippen LogP contribution in [0.5, 0.6) is 11.5 Å². The van der Waals surface area contributed by atoms with E-state index in [0.29, 0.717) is 17.1 Å². The maximum Gasteiger partial charge on any atom is 0.363 e. The van der Waals surface area contributed by atoms with Crippen LogP contribution >= 0.6 is 0 Å². The minimum atomic E-state index is -0.502. The normalized spacial score (nSPS) is 15.5. The minimum absolute atomic E-state index is 0.0731. The number of esters is 1. The van der Waals surface area contributed by atoms with Gasteiger partial charge in [0.05, 0.1) is 14.2 Å². The summed E-state index contributed by atoms with van der Waals surface area (Å²) in [5, 5.41) is 0. The van der Waals surface area contributed by atoms with Crippen LogP contribution in [0.15, 0.2) is 53.2 Å². The first-order chi connectivity index (χ1) is 12.8. The highest BCUT2D eigenvalue weighted by Gasteiger charge is 2.29. The molecule has 27 heavy (non-hydrogen) atoms. The van der Waals surface area contributed by atoms with Gasteiger partial charge in [0.15, 0.2) is 5.70 Å². The molecule has 140 valence electrons. The summed E-state index contributed by atoms with van der Waals surface area (Å²) < 4.78 is 16.1. The van der Waals surface area contributed by atoms with Gasteiger partial charge < -0.3 is 14.2 Å². The summed E-state index contributed by atoms with van der Waals surface area (Å²) >= 11 is 0.